The number of hydrogen-bond acceptors (Lipinski definition) is 4. The van der Waals surface area contributed by atoms with E-state index in [4.69, 9.17) is 10.4 Å². The molecular weight excluding hydrogens is 304 g/mol. The summed E-state index contributed by atoms with van der Waals surface area (Å²) in [6.45, 7) is 0. The molecule has 17 heavy (non-hydrogen) atoms. The lowest BCUT2D eigenvalue weighted by Gasteiger charge is -1.97. The molecule has 0 radical (unpaired) electrons. The molecule has 6 heteroatoms. The SMILES string of the molecule is N#Cc1cccc(-c2nc(C(=O)O)sc2Br)c1. The average Bonchev–Trinajstić information content (AvgIpc) is 2.72. The maximum Gasteiger partial charge on any atom is 0.365 e. The van der Waals surface area contributed by atoms with Gasteiger partial charge < -0.3 is 5.11 Å². The lowest BCUT2D eigenvalue weighted by atomic mass is 10.1. The zero-order valence-corrected chi connectivity index (χ0v) is 10.7. The highest BCUT2D eigenvalue weighted by Crippen LogP contribution is 2.33. The Balaban J connectivity index is 2.53. The van der Waals surface area contributed by atoms with Crippen LogP contribution in [0.25, 0.3) is 11.3 Å². The normalized spacial score (nSPS) is 9.88. The van der Waals surface area contributed by atoms with Gasteiger partial charge in [0.25, 0.3) is 0 Å². The number of carboxylic acids is 1. The van der Waals surface area contributed by atoms with Crippen molar-refractivity contribution in [2.24, 2.45) is 0 Å². The number of rotatable bonds is 2. The summed E-state index contributed by atoms with van der Waals surface area (Å²) in [7, 11) is 0. The predicted octanol–water partition coefficient (Wildman–Crippen LogP) is 3.14. The molecule has 0 spiro atoms. The monoisotopic (exact) mass is 308 g/mol. The Bertz CT molecular complexity index is 631. The van der Waals surface area contributed by atoms with E-state index in [9.17, 15) is 4.79 Å². The summed E-state index contributed by atoms with van der Waals surface area (Å²) in [4.78, 5) is 14.8. The second-order valence-corrected chi connectivity index (χ2v) is 5.46. The number of nitriles is 1. The van der Waals surface area contributed by atoms with Crippen LogP contribution in [0.15, 0.2) is 28.1 Å². The van der Waals surface area contributed by atoms with E-state index in [0.717, 1.165) is 16.9 Å². The molecule has 2 aromatic rings. The van der Waals surface area contributed by atoms with Crippen LogP contribution in [0, 0.1) is 11.3 Å². The van der Waals surface area contributed by atoms with E-state index in [1.807, 2.05) is 6.07 Å². The van der Waals surface area contributed by atoms with Crippen molar-refractivity contribution in [1.29, 1.82) is 5.26 Å². The van der Waals surface area contributed by atoms with Crippen LogP contribution in [-0.4, -0.2) is 16.1 Å². The van der Waals surface area contributed by atoms with Crippen LogP contribution in [0.5, 0.6) is 0 Å². The molecule has 1 heterocycles. The maximum absolute atomic E-state index is 10.8. The number of hydrogen-bond donors (Lipinski definition) is 1. The molecule has 0 amide bonds. The summed E-state index contributed by atoms with van der Waals surface area (Å²) in [6, 6.07) is 8.90. The molecule has 0 aliphatic carbocycles. The van der Waals surface area contributed by atoms with Crippen molar-refractivity contribution in [1.82, 2.24) is 4.98 Å². The molecule has 0 aliphatic heterocycles. The van der Waals surface area contributed by atoms with Crippen molar-refractivity contribution in [3.63, 3.8) is 0 Å². The minimum atomic E-state index is -1.06. The molecule has 0 unspecified atom stereocenters. The standard InChI is InChI=1S/C11H5BrN2O2S/c12-9-8(14-10(17-9)11(15)16)7-3-1-2-6(4-7)5-13/h1-4H,(H,15,16). The van der Waals surface area contributed by atoms with Crippen molar-refractivity contribution in [3.05, 3.63) is 38.6 Å². The number of thiazole rings is 1. The van der Waals surface area contributed by atoms with Crippen molar-refractivity contribution >= 4 is 33.2 Å². The van der Waals surface area contributed by atoms with Crippen molar-refractivity contribution in [2.75, 3.05) is 0 Å². The molecule has 1 aromatic carbocycles. The average molecular weight is 309 g/mol. The molecule has 4 nitrogen and oxygen atoms in total. The minimum absolute atomic E-state index is 0.0224. The molecule has 0 saturated carbocycles. The lowest BCUT2D eigenvalue weighted by molar-refractivity contribution is 0.0696. The number of aromatic nitrogens is 1. The largest absolute Gasteiger partial charge is 0.476 e. The van der Waals surface area contributed by atoms with Crippen molar-refractivity contribution in [3.8, 4) is 17.3 Å². The van der Waals surface area contributed by atoms with E-state index >= 15 is 0 Å². The molecular formula is C11H5BrN2O2S. The predicted molar refractivity (Wildman–Crippen MR) is 66.9 cm³/mol. The van der Waals surface area contributed by atoms with Gasteiger partial charge in [0, 0.05) is 5.56 Å². The summed E-state index contributed by atoms with van der Waals surface area (Å²) in [6.07, 6.45) is 0. The smallest absolute Gasteiger partial charge is 0.365 e. The first-order valence-electron chi connectivity index (χ1n) is 4.52. The molecule has 0 aliphatic rings. The Labute approximate surface area is 109 Å². The van der Waals surface area contributed by atoms with Gasteiger partial charge in [-0.05, 0) is 28.1 Å². The maximum atomic E-state index is 10.8. The first kappa shape index (κ1) is 11.8. The Morgan fingerprint density at radius 1 is 1.53 bits per heavy atom. The van der Waals surface area contributed by atoms with Gasteiger partial charge in [0.2, 0.25) is 5.01 Å². The summed E-state index contributed by atoms with van der Waals surface area (Å²) in [5, 5.41) is 17.7. The number of carbonyl (C=O) groups is 1. The van der Waals surface area contributed by atoms with Crippen LogP contribution in [0.2, 0.25) is 0 Å². The Hall–Kier alpha value is -1.71. The molecule has 0 atom stereocenters. The highest BCUT2D eigenvalue weighted by atomic mass is 79.9. The number of aromatic carboxylic acids is 1. The van der Waals surface area contributed by atoms with Gasteiger partial charge in [-0.25, -0.2) is 9.78 Å². The van der Waals surface area contributed by atoms with Crippen LogP contribution in [0.3, 0.4) is 0 Å². The van der Waals surface area contributed by atoms with Crippen molar-refractivity contribution < 1.29 is 9.90 Å². The molecule has 1 aromatic heterocycles. The van der Waals surface area contributed by atoms with E-state index < -0.39 is 5.97 Å². The van der Waals surface area contributed by atoms with E-state index in [-0.39, 0.29) is 5.01 Å². The minimum Gasteiger partial charge on any atom is -0.476 e. The second-order valence-electron chi connectivity index (χ2n) is 3.14. The summed E-state index contributed by atoms with van der Waals surface area (Å²) in [5.74, 6) is -1.06. The third-order valence-electron chi connectivity index (χ3n) is 2.03. The fourth-order valence-electron chi connectivity index (χ4n) is 1.31. The molecule has 84 valence electrons. The van der Waals surface area contributed by atoms with Crippen LogP contribution in [0.4, 0.5) is 0 Å². The third kappa shape index (κ3) is 2.35. The Kier molecular flexibility index (Phi) is 3.22. The third-order valence-corrected chi connectivity index (χ3v) is 3.73. The van der Waals surface area contributed by atoms with Gasteiger partial charge >= 0.3 is 5.97 Å². The second kappa shape index (κ2) is 4.65. The molecule has 2 rings (SSSR count). The Morgan fingerprint density at radius 2 is 2.29 bits per heavy atom. The molecule has 0 fully saturated rings. The number of halogens is 1. The van der Waals surface area contributed by atoms with Crippen LogP contribution >= 0.6 is 27.3 Å². The first-order valence-corrected chi connectivity index (χ1v) is 6.13. The number of benzene rings is 1. The van der Waals surface area contributed by atoms with Gasteiger partial charge in [-0.2, -0.15) is 5.26 Å². The highest BCUT2D eigenvalue weighted by molar-refractivity contribution is 9.11. The van der Waals surface area contributed by atoms with Gasteiger partial charge in [-0.3, -0.25) is 0 Å². The highest BCUT2D eigenvalue weighted by Gasteiger charge is 2.15. The van der Waals surface area contributed by atoms with Crippen LogP contribution in [-0.2, 0) is 0 Å². The van der Waals surface area contributed by atoms with E-state index in [0.29, 0.717) is 15.0 Å². The molecule has 1 N–H and O–H groups in total. The summed E-state index contributed by atoms with van der Waals surface area (Å²) < 4.78 is 0.644. The number of carboxylic acid groups (broad SMARTS) is 1. The van der Waals surface area contributed by atoms with E-state index in [1.165, 1.54) is 0 Å². The molecule has 0 bridgehead atoms. The van der Waals surface area contributed by atoms with Gasteiger partial charge in [0.15, 0.2) is 0 Å². The van der Waals surface area contributed by atoms with Gasteiger partial charge in [-0.15, -0.1) is 0 Å². The van der Waals surface area contributed by atoms with Crippen molar-refractivity contribution in [2.45, 2.75) is 0 Å². The fourth-order valence-corrected chi connectivity index (χ4v) is 2.74. The van der Waals surface area contributed by atoms with E-state index in [1.54, 1.807) is 24.3 Å². The van der Waals surface area contributed by atoms with E-state index in [2.05, 4.69) is 20.9 Å². The van der Waals surface area contributed by atoms with Gasteiger partial charge in [0.05, 0.1) is 21.1 Å². The molecule has 0 saturated heterocycles. The van der Waals surface area contributed by atoms with Crippen LogP contribution in [0.1, 0.15) is 15.4 Å². The van der Waals surface area contributed by atoms with Gasteiger partial charge in [0.1, 0.15) is 0 Å². The zero-order valence-electron chi connectivity index (χ0n) is 8.35. The zero-order chi connectivity index (χ0) is 12.4. The van der Waals surface area contributed by atoms with Gasteiger partial charge in [-0.1, -0.05) is 23.5 Å². The summed E-state index contributed by atoms with van der Waals surface area (Å²) in [5.41, 5.74) is 1.78. The topological polar surface area (TPSA) is 74.0 Å². The fraction of sp³-hybridized carbons (Fsp3) is 0. The number of nitrogens with zero attached hydrogens (tertiary/aromatic N) is 2. The summed E-state index contributed by atoms with van der Waals surface area (Å²) >= 11 is 4.33. The Morgan fingerprint density at radius 3 is 2.88 bits per heavy atom. The lowest BCUT2D eigenvalue weighted by Crippen LogP contribution is -1.94. The first-order chi connectivity index (χ1) is 8.11. The van der Waals surface area contributed by atoms with Crippen LogP contribution < -0.4 is 0 Å². The quantitative estimate of drug-likeness (QED) is 0.925.